The van der Waals surface area contributed by atoms with Crippen molar-refractivity contribution in [2.75, 3.05) is 17.2 Å². The Bertz CT molecular complexity index is 765. The molecule has 0 aliphatic heterocycles. The van der Waals surface area contributed by atoms with Crippen LogP contribution in [0.5, 0.6) is 0 Å². The van der Waals surface area contributed by atoms with E-state index in [2.05, 4.69) is 10.6 Å². The highest BCUT2D eigenvalue weighted by atomic mass is 35.5. The molecule has 0 atom stereocenters. The van der Waals surface area contributed by atoms with Crippen LogP contribution in [0.1, 0.15) is 15.9 Å². The smallest absolute Gasteiger partial charge is 0.251 e. The van der Waals surface area contributed by atoms with Gasteiger partial charge in [-0.2, -0.15) is 0 Å². The first-order valence-corrected chi connectivity index (χ1v) is 7.14. The van der Waals surface area contributed by atoms with Crippen LogP contribution in [0.25, 0.3) is 0 Å². The first-order valence-electron chi connectivity index (χ1n) is 6.76. The monoisotopic (exact) mass is 335 g/mol. The lowest BCUT2D eigenvalue weighted by atomic mass is 10.1. The van der Waals surface area contributed by atoms with Crippen molar-refractivity contribution < 1.29 is 14.0 Å². The minimum Gasteiger partial charge on any atom is -0.376 e. The molecule has 0 saturated heterocycles. The SMILES string of the molecule is Cc1c(Cl)cccc1NC(=O)CNc1ccc(F)c(C(N)=O)c1. The molecule has 23 heavy (non-hydrogen) atoms. The van der Waals surface area contributed by atoms with Gasteiger partial charge in [-0.15, -0.1) is 0 Å². The number of anilines is 2. The van der Waals surface area contributed by atoms with Crippen molar-refractivity contribution in [2.24, 2.45) is 5.73 Å². The number of halogens is 2. The second-order valence-corrected chi connectivity index (χ2v) is 5.28. The largest absolute Gasteiger partial charge is 0.376 e. The molecule has 2 aromatic rings. The van der Waals surface area contributed by atoms with E-state index in [0.717, 1.165) is 11.6 Å². The Kier molecular flexibility index (Phi) is 5.18. The van der Waals surface area contributed by atoms with Gasteiger partial charge in [-0.25, -0.2) is 4.39 Å². The minimum absolute atomic E-state index is 0.0597. The van der Waals surface area contributed by atoms with E-state index in [1.54, 1.807) is 25.1 Å². The third-order valence-electron chi connectivity index (χ3n) is 3.23. The molecule has 0 aromatic heterocycles. The highest BCUT2D eigenvalue weighted by molar-refractivity contribution is 6.31. The third-order valence-corrected chi connectivity index (χ3v) is 3.64. The lowest BCUT2D eigenvalue weighted by Crippen LogP contribution is -2.22. The number of nitrogens with one attached hydrogen (secondary N) is 2. The summed E-state index contributed by atoms with van der Waals surface area (Å²) in [6.07, 6.45) is 0. The Morgan fingerprint density at radius 1 is 1.26 bits per heavy atom. The first kappa shape index (κ1) is 16.8. The molecule has 0 spiro atoms. The summed E-state index contributed by atoms with van der Waals surface area (Å²) in [5, 5.41) is 6.08. The Labute approximate surface area is 137 Å². The zero-order chi connectivity index (χ0) is 17.0. The fourth-order valence-electron chi connectivity index (χ4n) is 1.94. The molecule has 5 nitrogen and oxygen atoms in total. The number of nitrogens with two attached hydrogens (primary N) is 1. The summed E-state index contributed by atoms with van der Waals surface area (Å²) in [5.74, 6) is -1.88. The maximum absolute atomic E-state index is 13.4. The van der Waals surface area contributed by atoms with Gasteiger partial charge in [-0.3, -0.25) is 9.59 Å². The summed E-state index contributed by atoms with van der Waals surface area (Å²) in [5.41, 5.74) is 6.63. The van der Waals surface area contributed by atoms with E-state index in [-0.39, 0.29) is 18.0 Å². The molecule has 7 heteroatoms. The molecule has 4 N–H and O–H groups in total. The molecule has 2 aromatic carbocycles. The van der Waals surface area contributed by atoms with Crippen molar-refractivity contribution >= 4 is 34.8 Å². The summed E-state index contributed by atoms with van der Waals surface area (Å²) >= 11 is 5.99. The summed E-state index contributed by atoms with van der Waals surface area (Å²) in [6.45, 7) is 1.74. The van der Waals surface area contributed by atoms with Crippen LogP contribution in [-0.2, 0) is 4.79 Å². The molecule has 0 aliphatic carbocycles. The Morgan fingerprint density at radius 2 is 2.00 bits per heavy atom. The number of hydrogen-bond acceptors (Lipinski definition) is 3. The summed E-state index contributed by atoms with van der Waals surface area (Å²) < 4.78 is 13.4. The topological polar surface area (TPSA) is 84.2 Å². The van der Waals surface area contributed by atoms with Crippen LogP contribution in [0.4, 0.5) is 15.8 Å². The highest BCUT2D eigenvalue weighted by Gasteiger charge is 2.10. The Balaban J connectivity index is 2.01. The molecule has 0 bridgehead atoms. The number of carbonyl (C=O) groups excluding carboxylic acids is 2. The van der Waals surface area contributed by atoms with Crippen LogP contribution in [0, 0.1) is 12.7 Å². The van der Waals surface area contributed by atoms with Gasteiger partial charge in [0.25, 0.3) is 5.91 Å². The molecule has 0 radical (unpaired) electrons. The van der Waals surface area contributed by atoms with Crippen LogP contribution in [-0.4, -0.2) is 18.4 Å². The molecule has 2 amide bonds. The van der Waals surface area contributed by atoms with Gasteiger partial charge in [0.15, 0.2) is 0 Å². The number of carbonyl (C=O) groups is 2. The molecule has 0 aliphatic rings. The van der Waals surface area contributed by atoms with Crippen LogP contribution < -0.4 is 16.4 Å². The van der Waals surface area contributed by atoms with Gasteiger partial charge < -0.3 is 16.4 Å². The van der Waals surface area contributed by atoms with Crippen LogP contribution >= 0.6 is 11.6 Å². The van der Waals surface area contributed by atoms with E-state index >= 15 is 0 Å². The van der Waals surface area contributed by atoms with Crippen molar-refractivity contribution in [1.82, 2.24) is 0 Å². The van der Waals surface area contributed by atoms with E-state index in [0.29, 0.717) is 16.4 Å². The van der Waals surface area contributed by atoms with E-state index < -0.39 is 11.7 Å². The van der Waals surface area contributed by atoms with Crippen molar-refractivity contribution in [3.05, 3.63) is 58.4 Å². The zero-order valence-electron chi connectivity index (χ0n) is 12.3. The number of benzene rings is 2. The van der Waals surface area contributed by atoms with Crippen LogP contribution in [0.15, 0.2) is 36.4 Å². The van der Waals surface area contributed by atoms with Gasteiger partial charge in [0.05, 0.1) is 12.1 Å². The standard InChI is InChI=1S/C16H15ClFN3O2/c1-9-12(17)3-2-4-14(9)21-15(22)8-20-10-5-6-13(18)11(7-10)16(19)23/h2-7,20H,8H2,1H3,(H2,19,23)(H,21,22). The molecular formula is C16H15ClFN3O2. The van der Waals surface area contributed by atoms with Gasteiger partial charge in [0.1, 0.15) is 5.82 Å². The number of amides is 2. The second kappa shape index (κ2) is 7.11. The van der Waals surface area contributed by atoms with E-state index in [1.807, 2.05) is 0 Å². The Morgan fingerprint density at radius 3 is 2.70 bits per heavy atom. The van der Waals surface area contributed by atoms with Crippen LogP contribution in [0.3, 0.4) is 0 Å². The first-order chi connectivity index (χ1) is 10.9. The number of rotatable bonds is 5. The van der Waals surface area contributed by atoms with Gasteiger partial charge in [-0.05, 0) is 42.8 Å². The normalized spacial score (nSPS) is 10.2. The molecule has 0 unspecified atom stereocenters. The van der Waals surface area contributed by atoms with Crippen molar-refractivity contribution in [1.29, 1.82) is 0 Å². The van der Waals surface area contributed by atoms with Gasteiger partial charge in [0.2, 0.25) is 5.91 Å². The van der Waals surface area contributed by atoms with E-state index in [1.165, 1.54) is 12.1 Å². The van der Waals surface area contributed by atoms with Crippen molar-refractivity contribution in [2.45, 2.75) is 6.92 Å². The summed E-state index contributed by atoms with van der Waals surface area (Å²) in [6, 6.07) is 8.99. The third kappa shape index (κ3) is 4.20. The summed E-state index contributed by atoms with van der Waals surface area (Å²) in [4.78, 5) is 23.0. The number of primary amides is 1. The molecule has 0 fully saturated rings. The average molecular weight is 336 g/mol. The molecule has 0 saturated carbocycles. The van der Waals surface area contributed by atoms with Crippen LogP contribution in [0.2, 0.25) is 5.02 Å². The number of hydrogen-bond donors (Lipinski definition) is 3. The quantitative estimate of drug-likeness (QED) is 0.785. The fraction of sp³-hybridized carbons (Fsp3) is 0.125. The van der Waals surface area contributed by atoms with Gasteiger partial charge in [0, 0.05) is 16.4 Å². The highest BCUT2D eigenvalue weighted by Crippen LogP contribution is 2.22. The Hall–Kier alpha value is -2.60. The second-order valence-electron chi connectivity index (χ2n) is 4.87. The van der Waals surface area contributed by atoms with Gasteiger partial charge >= 0.3 is 0 Å². The lowest BCUT2D eigenvalue weighted by Gasteiger charge is -2.11. The molecule has 0 heterocycles. The minimum atomic E-state index is -0.870. The van der Waals surface area contributed by atoms with Gasteiger partial charge in [-0.1, -0.05) is 17.7 Å². The zero-order valence-corrected chi connectivity index (χ0v) is 13.1. The predicted molar refractivity (Wildman–Crippen MR) is 88.2 cm³/mol. The van der Waals surface area contributed by atoms with E-state index in [9.17, 15) is 14.0 Å². The maximum atomic E-state index is 13.4. The fourth-order valence-corrected chi connectivity index (χ4v) is 2.12. The van der Waals surface area contributed by atoms with E-state index in [4.69, 9.17) is 17.3 Å². The average Bonchev–Trinajstić information content (AvgIpc) is 2.51. The maximum Gasteiger partial charge on any atom is 0.251 e. The molecule has 2 rings (SSSR count). The lowest BCUT2D eigenvalue weighted by molar-refractivity contribution is -0.114. The summed E-state index contributed by atoms with van der Waals surface area (Å²) in [7, 11) is 0. The predicted octanol–water partition coefficient (Wildman–Crippen LogP) is 2.94. The van der Waals surface area contributed by atoms with Crippen molar-refractivity contribution in [3.63, 3.8) is 0 Å². The molecule has 120 valence electrons. The molecular weight excluding hydrogens is 321 g/mol. The van der Waals surface area contributed by atoms with Crippen molar-refractivity contribution in [3.8, 4) is 0 Å².